The number of carbonyl (C=O) groups is 2. The van der Waals surface area contributed by atoms with Crippen molar-refractivity contribution in [2.24, 2.45) is 0 Å². The Bertz CT molecular complexity index is 1020. The number of rotatable bonds is 6. The normalized spacial score (nSPS) is 11.7. The van der Waals surface area contributed by atoms with Crippen LogP contribution in [0.1, 0.15) is 12.5 Å². The van der Waals surface area contributed by atoms with Crippen LogP contribution in [0.25, 0.3) is 10.8 Å². The molecule has 0 unspecified atom stereocenters. The van der Waals surface area contributed by atoms with E-state index in [0.717, 1.165) is 16.3 Å². The summed E-state index contributed by atoms with van der Waals surface area (Å²) in [6.45, 7) is 1.52. The second-order valence-electron chi connectivity index (χ2n) is 6.32. The molecule has 0 aliphatic rings. The van der Waals surface area contributed by atoms with Crippen molar-refractivity contribution in [3.63, 3.8) is 0 Å². The van der Waals surface area contributed by atoms with E-state index in [1.165, 1.54) is 14.0 Å². The van der Waals surface area contributed by atoms with Crippen LogP contribution in [-0.2, 0) is 20.7 Å². The summed E-state index contributed by atoms with van der Waals surface area (Å²) in [5.41, 5.74) is 1.24. The van der Waals surface area contributed by atoms with Gasteiger partial charge in [-0.3, -0.25) is 9.59 Å². The van der Waals surface area contributed by atoms with Gasteiger partial charge in [0, 0.05) is 5.02 Å². The summed E-state index contributed by atoms with van der Waals surface area (Å²) in [6.07, 6.45) is -0.875. The lowest BCUT2D eigenvalue weighted by molar-refractivity contribution is -0.152. The number of anilines is 1. The molecule has 5 nitrogen and oxygen atoms in total. The second-order valence-corrected chi connectivity index (χ2v) is 6.76. The topological polar surface area (TPSA) is 64.6 Å². The number of fused-ring (bicyclic) bond motifs is 1. The number of amides is 1. The van der Waals surface area contributed by atoms with Crippen LogP contribution in [0.3, 0.4) is 0 Å². The molecule has 0 aliphatic heterocycles. The first kappa shape index (κ1) is 19.7. The Morgan fingerprint density at radius 2 is 1.79 bits per heavy atom. The van der Waals surface area contributed by atoms with Gasteiger partial charge in [0.1, 0.15) is 5.75 Å². The Labute approximate surface area is 168 Å². The Kier molecular flexibility index (Phi) is 6.16. The van der Waals surface area contributed by atoms with Gasteiger partial charge in [0.15, 0.2) is 6.10 Å². The van der Waals surface area contributed by atoms with E-state index in [-0.39, 0.29) is 6.42 Å². The van der Waals surface area contributed by atoms with E-state index in [2.05, 4.69) is 5.32 Å². The summed E-state index contributed by atoms with van der Waals surface area (Å²) in [6, 6.07) is 18.6. The predicted octanol–water partition coefficient (Wildman–Crippen LogP) is 4.61. The van der Waals surface area contributed by atoms with E-state index >= 15 is 0 Å². The van der Waals surface area contributed by atoms with Crippen LogP contribution in [0.2, 0.25) is 5.02 Å². The molecule has 1 atom stereocenters. The van der Waals surface area contributed by atoms with E-state index in [1.54, 1.807) is 18.2 Å². The lowest BCUT2D eigenvalue weighted by Crippen LogP contribution is -2.30. The van der Waals surface area contributed by atoms with Gasteiger partial charge in [-0.1, -0.05) is 54.1 Å². The van der Waals surface area contributed by atoms with Crippen molar-refractivity contribution < 1.29 is 19.1 Å². The zero-order chi connectivity index (χ0) is 20.1. The van der Waals surface area contributed by atoms with Crippen molar-refractivity contribution in [1.82, 2.24) is 0 Å². The summed E-state index contributed by atoms with van der Waals surface area (Å²) < 4.78 is 10.5. The highest BCUT2D eigenvalue weighted by Crippen LogP contribution is 2.27. The standard InChI is InChI=1S/C22H20ClNO4/c1-14(22(26)24-19-13-18(23)9-10-20(19)27-2)28-21(25)12-15-7-8-16-5-3-4-6-17(16)11-15/h3-11,13-14H,12H2,1-2H3,(H,24,26)/t14-/m1/s1. The molecule has 0 saturated heterocycles. The largest absolute Gasteiger partial charge is 0.495 e. The van der Waals surface area contributed by atoms with Crippen LogP contribution >= 0.6 is 11.6 Å². The fraction of sp³-hybridized carbons (Fsp3) is 0.182. The van der Waals surface area contributed by atoms with Crippen molar-refractivity contribution in [1.29, 1.82) is 0 Å². The minimum atomic E-state index is -0.961. The Hall–Kier alpha value is -3.05. The van der Waals surface area contributed by atoms with Gasteiger partial charge in [-0.15, -0.1) is 0 Å². The van der Waals surface area contributed by atoms with Gasteiger partial charge in [-0.2, -0.15) is 0 Å². The molecule has 0 radical (unpaired) electrons. The van der Waals surface area contributed by atoms with Gasteiger partial charge < -0.3 is 14.8 Å². The third-order valence-corrected chi connectivity index (χ3v) is 4.49. The molecule has 0 aliphatic carbocycles. The monoisotopic (exact) mass is 397 g/mol. The molecule has 3 aromatic carbocycles. The molecule has 0 spiro atoms. The first-order valence-corrected chi connectivity index (χ1v) is 9.15. The molecule has 3 rings (SSSR count). The van der Waals surface area contributed by atoms with E-state index in [0.29, 0.717) is 16.5 Å². The molecule has 28 heavy (non-hydrogen) atoms. The maximum atomic E-state index is 12.4. The lowest BCUT2D eigenvalue weighted by Gasteiger charge is -2.15. The third-order valence-electron chi connectivity index (χ3n) is 4.26. The molecular formula is C22H20ClNO4. The predicted molar refractivity (Wildman–Crippen MR) is 110 cm³/mol. The molecule has 0 saturated carbocycles. The van der Waals surface area contributed by atoms with Crippen LogP contribution in [0.15, 0.2) is 60.7 Å². The summed E-state index contributed by atoms with van der Waals surface area (Å²) >= 11 is 5.96. The number of carbonyl (C=O) groups excluding carboxylic acids is 2. The summed E-state index contributed by atoms with van der Waals surface area (Å²) in [7, 11) is 1.49. The van der Waals surface area contributed by atoms with E-state index in [9.17, 15) is 9.59 Å². The quantitative estimate of drug-likeness (QED) is 0.616. The SMILES string of the molecule is COc1ccc(Cl)cc1NC(=O)[C@@H](C)OC(=O)Cc1ccc2ccccc2c1. The Morgan fingerprint density at radius 3 is 2.54 bits per heavy atom. The molecule has 3 aromatic rings. The molecule has 0 fully saturated rings. The molecule has 144 valence electrons. The van der Waals surface area contributed by atoms with Crippen LogP contribution in [0, 0.1) is 0 Å². The average Bonchev–Trinajstić information content (AvgIpc) is 2.68. The molecule has 0 heterocycles. The van der Waals surface area contributed by atoms with E-state index < -0.39 is 18.0 Å². The van der Waals surface area contributed by atoms with Crippen molar-refractivity contribution in [2.75, 3.05) is 12.4 Å². The number of benzene rings is 3. The minimum Gasteiger partial charge on any atom is -0.495 e. The first-order chi connectivity index (χ1) is 13.5. The zero-order valence-electron chi connectivity index (χ0n) is 15.6. The van der Waals surface area contributed by atoms with Crippen molar-refractivity contribution in [3.05, 3.63) is 71.2 Å². The Morgan fingerprint density at radius 1 is 1.04 bits per heavy atom. The van der Waals surface area contributed by atoms with Gasteiger partial charge in [0.2, 0.25) is 0 Å². The number of methoxy groups -OCH3 is 1. The molecule has 1 N–H and O–H groups in total. The fourth-order valence-corrected chi connectivity index (χ4v) is 2.99. The summed E-state index contributed by atoms with van der Waals surface area (Å²) in [5, 5.41) is 5.27. The van der Waals surface area contributed by atoms with Crippen LogP contribution in [0.5, 0.6) is 5.75 Å². The molecule has 0 aromatic heterocycles. The number of esters is 1. The van der Waals surface area contributed by atoms with Crippen molar-refractivity contribution in [3.8, 4) is 5.75 Å². The van der Waals surface area contributed by atoms with Gasteiger partial charge in [0.25, 0.3) is 5.91 Å². The van der Waals surface area contributed by atoms with Crippen LogP contribution in [0.4, 0.5) is 5.69 Å². The third kappa shape index (κ3) is 4.81. The number of hydrogen-bond acceptors (Lipinski definition) is 4. The summed E-state index contributed by atoms with van der Waals surface area (Å²) in [5.74, 6) is -0.476. The van der Waals surface area contributed by atoms with Crippen molar-refractivity contribution in [2.45, 2.75) is 19.4 Å². The molecule has 6 heteroatoms. The fourth-order valence-electron chi connectivity index (χ4n) is 2.82. The number of halogens is 1. The van der Waals surface area contributed by atoms with Gasteiger partial charge >= 0.3 is 5.97 Å². The van der Waals surface area contributed by atoms with E-state index in [4.69, 9.17) is 21.1 Å². The van der Waals surface area contributed by atoms with E-state index in [1.807, 2.05) is 42.5 Å². The Balaban J connectivity index is 1.61. The lowest BCUT2D eigenvalue weighted by atomic mass is 10.1. The van der Waals surface area contributed by atoms with Gasteiger partial charge in [-0.25, -0.2) is 0 Å². The maximum Gasteiger partial charge on any atom is 0.311 e. The highest BCUT2D eigenvalue weighted by Gasteiger charge is 2.19. The number of nitrogens with one attached hydrogen (secondary N) is 1. The van der Waals surface area contributed by atoms with Crippen LogP contribution < -0.4 is 10.1 Å². The summed E-state index contributed by atoms with van der Waals surface area (Å²) in [4.78, 5) is 24.6. The molecular weight excluding hydrogens is 378 g/mol. The number of hydrogen-bond donors (Lipinski definition) is 1. The minimum absolute atomic E-state index is 0.0863. The molecule has 0 bridgehead atoms. The first-order valence-electron chi connectivity index (χ1n) is 8.78. The molecule has 1 amide bonds. The highest BCUT2D eigenvalue weighted by atomic mass is 35.5. The maximum absolute atomic E-state index is 12.4. The number of ether oxygens (including phenoxy) is 2. The smallest absolute Gasteiger partial charge is 0.311 e. The van der Waals surface area contributed by atoms with Gasteiger partial charge in [-0.05, 0) is 41.5 Å². The van der Waals surface area contributed by atoms with Crippen molar-refractivity contribution >= 4 is 39.9 Å². The zero-order valence-corrected chi connectivity index (χ0v) is 16.3. The average molecular weight is 398 g/mol. The van der Waals surface area contributed by atoms with Crippen LogP contribution in [-0.4, -0.2) is 25.1 Å². The second kappa shape index (κ2) is 8.76. The van der Waals surface area contributed by atoms with Gasteiger partial charge in [0.05, 0.1) is 19.2 Å². The highest BCUT2D eigenvalue weighted by molar-refractivity contribution is 6.31.